The molecule has 0 aromatic heterocycles. The van der Waals surface area contributed by atoms with Gasteiger partial charge >= 0.3 is 5.97 Å². The highest BCUT2D eigenvalue weighted by molar-refractivity contribution is 9.10. The van der Waals surface area contributed by atoms with E-state index in [-0.39, 0.29) is 25.0 Å². The highest BCUT2D eigenvalue weighted by Gasteiger charge is 2.15. The number of amides is 1. The molecule has 0 fully saturated rings. The quantitative estimate of drug-likeness (QED) is 0.762. The summed E-state index contributed by atoms with van der Waals surface area (Å²) in [5.74, 6) is -0.496. The van der Waals surface area contributed by atoms with Gasteiger partial charge in [-0.05, 0) is 53.5 Å². The molecule has 1 amide bonds. The molecule has 0 aliphatic carbocycles. The molecule has 0 atom stereocenters. The summed E-state index contributed by atoms with van der Waals surface area (Å²) >= 11 is 3.42. The smallest absolute Gasteiger partial charge is 0.319 e. The van der Waals surface area contributed by atoms with Crippen LogP contribution in [-0.2, 0) is 14.3 Å². The largest absolute Gasteiger partial charge is 0.468 e. The van der Waals surface area contributed by atoms with E-state index in [1.807, 2.05) is 32.0 Å². The number of benzene rings is 1. The molecular weight excluding hydrogens is 336 g/mol. The van der Waals surface area contributed by atoms with Crippen LogP contribution < -0.4 is 5.32 Å². The number of halogens is 1. The first-order valence-electron chi connectivity index (χ1n) is 6.81. The van der Waals surface area contributed by atoms with Crippen molar-refractivity contribution in [1.29, 1.82) is 0 Å². The Morgan fingerprint density at radius 2 is 2.05 bits per heavy atom. The van der Waals surface area contributed by atoms with Crippen LogP contribution in [0.15, 0.2) is 22.7 Å². The zero-order valence-corrected chi connectivity index (χ0v) is 14.2. The zero-order valence-electron chi connectivity index (χ0n) is 12.6. The molecule has 0 unspecified atom stereocenters. The Labute approximate surface area is 133 Å². The zero-order chi connectivity index (χ0) is 15.8. The van der Waals surface area contributed by atoms with Gasteiger partial charge in [0.15, 0.2) is 0 Å². The molecule has 0 heterocycles. The molecule has 5 nitrogen and oxygen atoms in total. The topological polar surface area (TPSA) is 58.6 Å². The fourth-order valence-electron chi connectivity index (χ4n) is 1.89. The van der Waals surface area contributed by atoms with Crippen molar-refractivity contribution in [3.63, 3.8) is 0 Å². The monoisotopic (exact) mass is 356 g/mol. The third-order valence-corrected chi connectivity index (χ3v) is 3.54. The molecule has 1 rings (SSSR count). The van der Waals surface area contributed by atoms with Crippen LogP contribution in [0.3, 0.4) is 0 Å². The summed E-state index contributed by atoms with van der Waals surface area (Å²) in [4.78, 5) is 25.2. The van der Waals surface area contributed by atoms with Gasteiger partial charge in [-0.25, -0.2) is 0 Å². The number of rotatable bonds is 7. The van der Waals surface area contributed by atoms with E-state index in [1.54, 1.807) is 4.90 Å². The number of nitrogens with one attached hydrogen (secondary N) is 1. The van der Waals surface area contributed by atoms with Crippen LogP contribution in [0.1, 0.15) is 18.9 Å². The van der Waals surface area contributed by atoms with E-state index in [2.05, 4.69) is 26.0 Å². The summed E-state index contributed by atoms with van der Waals surface area (Å²) < 4.78 is 5.48. The summed E-state index contributed by atoms with van der Waals surface area (Å²) in [5.41, 5.74) is 1.83. The molecule has 0 spiro atoms. The molecule has 1 N–H and O–H groups in total. The van der Waals surface area contributed by atoms with Gasteiger partial charge < -0.3 is 10.1 Å². The predicted molar refractivity (Wildman–Crippen MR) is 86.3 cm³/mol. The van der Waals surface area contributed by atoms with Crippen LogP contribution >= 0.6 is 15.9 Å². The van der Waals surface area contributed by atoms with Crippen molar-refractivity contribution in [2.75, 3.05) is 32.1 Å². The number of esters is 1. The van der Waals surface area contributed by atoms with Crippen molar-refractivity contribution in [2.24, 2.45) is 0 Å². The first-order valence-corrected chi connectivity index (χ1v) is 7.60. The Morgan fingerprint density at radius 1 is 1.33 bits per heavy atom. The molecule has 0 saturated carbocycles. The Balaban J connectivity index is 2.62. The lowest BCUT2D eigenvalue weighted by Crippen LogP contribution is -2.37. The van der Waals surface area contributed by atoms with Gasteiger partial charge in [0.1, 0.15) is 0 Å². The number of carbonyl (C=O) groups excluding carboxylic acids is 2. The van der Waals surface area contributed by atoms with Crippen LogP contribution in [0.2, 0.25) is 0 Å². The molecule has 6 heteroatoms. The van der Waals surface area contributed by atoms with Crippen molar-refractivity contribution in [1.82, 2.24) is 4.90 Å². The summed E-state index contributed by atoms with van der Waals surface area (Å²) in [7, 11) is 1.34. The Hall–Kier alpha value is -1.40. The summed E-state index contributed by atoms with van der Waals surface area (Å²) in [6.07, 6.45) is 0.860. The van der Waals surface area contributed by atoms with Crippen LogP contribution in [0, 0.1) is 6.92 Å². The minimum Gasteiger partial charge on any atom is -0.468 e. The fourth-order valence-corrected chi connectivity index (χ4v) is 2.48. The van der Waals surface area contributed by atoms with E-state index < -0.39 is 0 Å². The lowest BCUT2D eigenvalue weighted by molar-refractivity contribution is -0.142. The molecule has 0 aliphatic heterocycles. The second kappa shape index (κ2) is 8.79. The number of aryl methyl sites for hydroxylation is 1. The van der Waals surface area contributed by atoms with Crippen molar-refractivity contribution >= 4 is 33.5 Å². The van der Waals surface area contributed by atoms with Gasteiger partial charge in [0.05, 0.1) is 25.9 Å². The second-order valence-electron chi connectivity index (χ2n) is 4.82. The molecule has 1 aromatic carbocycles. The maximum atomic E-state index is 12.1. The third kappa shape index (κ3) is 6.27. The van der Waals surface area contributed by atoms with Crippen LogP contribution in [-0.4, -0.2) is 43.5 Å². The van der Waals surface area contributed by atoms with E-state index in [1.165, 1.54) is 7.11 Å². The van der Waals surface area contributed by atoms with Crippen LogP contribution in [0.25, 0.3) is 0 Å². The number of methoxy groups -OCH3 is 1. The lowest BCUT2D eigenvalue weighted by Gasteiger charge is -2.19. The molecule has 1 aromatic rings. The maximum absolute atomic E-state index is 12.1. The van der Waals surface area contributed by atoms with Gasteiger partial charge in [0, 0.05) is 4.47 Å². The molecule has 116 valence electrons. The van der Waals surface area contributed by atoms with Crippen molar-refractivity contribution < 1.29 is 14.3 Å². The number of hydrogen-bond donors (Lipinski definition) is 1. The Bertz CT molecular complexity index is 506. The number of nitrogens with zero attached hydrogens (tertiary/aromatic N) is 1. The van der Waals surface area contributed by atoms with Gasteiger partial charge in [-0.2, -0.15) is 0 Å². The van der Waals surface area contributed by atoms with E-state index in [0.717, 1.165) is 22.1 Å². The van der Waals surface area contributed by atoms with Gasteiger partial charge in [-0.3, -0.25) is 14.5 Å². The predicted octanol–water partition coefficient (Wildman–Crippen LogP) is 2.58. The number of carbonyl (C=O) groups is 2. The summed E-state index contributed by atoms with van der Waals surface area (Å²) in [5, 5.41) is 2.84. The fraction of sp³-hybridized carbons (Fsp3) is 0.467. The number of ether oxygens (including phenoxy) is 1. The first kappa shape index (κ1) is 17.7. The van der Waals surface area contributed by atoms with E-state index in [0.29, 0.717) is 6.54 Å². The standard InChI is InChI=1S/C15H21BrN2O3/c1-4-7-18(10-15(20)21-3)9-14(19)17-13-6-5-11(2)8-12(13)16/h5-6,8H,4,7,9-10H2,1-3H3,(H,17,19). The third-order valence-electron chi connectivity index (χ3n) is 2.89. The average molecular weight is 357 g/mol. The molecule has 0 radical (unpaired) electrons. The highest BCUT2D eigenvalue weighted by atomic mass is 79.9. The number of anilines is 1. The van der Waals surface area contributed by atoms with Gasteiger partial charge in [0.25, 0.3) is 0 Å². The highest BCUT2D eigenvalue weighted by Crippen LogP contribution is 2.23. The van der Waals surface area contributed by atoms with E-state index in [9.17, 15) is 9.59 Å². The summed E-state index contributed by atoms with van der Waals surface area (Å²) in [6, 6.07) is 5.72. The van der Waals surface area contributed by atoms with Crippen molar-refractivity contribution in [3.05, 3.63) is 28.2 Å². The minimum absolute atomic E-state index is 0.118. The van der Waals surface area contributed by atoms with E-state index in [4.69, 9.17) is 0 Å². The normalized spacial score (nSPS) is 10.5. The summed E-state index contributed by atoms with van der Waals surface area (Å²) in [6.45, 7) is 4.92. The van der Waals surface area contributed by atoms with Gasteiger partial charge in [-0.1, -0.05) is 13.0 Å². The second-order valence-corrected chi connectivity index (χ2v) is 5.67. The number of hydrogen-bond acceptors (Lipinski definition) is 4. The Kier molecular flexibility index (Phi) is 7.39. The van der Waals surface area contributed by atoms with Crippen LogP contribution in [0.4, 0.5) is 5.69 Å². The molecule has 0 bridgehead atoms. The van der Waals surface area contributed by atoms with Crippen LogP contribution in [0.5, 0.6) is 0 Å². The van der Waals surface area contributed by atoms with Crippen molar-refractivity contribution in [2.45, 2.75) is 20.3 Å². The Morgan fingerprint density at radius 3 is 2.62 bits per heavy atom. The van der Waals surface area contributed by atoms with E-state index >= 15 is 0 Å². The first-order chi connectivity index (χ1) is 9.96. The molecule has 0 saturated heterocycles. The average Bonchev–Trinajstić information content (AvgIpc) is 2.42. The molecular formula is C15H21BrN2O3. The van der Waals surface area contributed by atoms with Crippen molar-refractivity contribution in [3.8, 4) is 0 Å². The SMILES string of the molecule is CCCN(CC(=O)Nc1ccc(C)cc1Br)CC(=O)OC. The van der Waals surface area contributed by atoms with Gasteiger partial charge in [0.2, 0.25) is 5.91 Å². The minimum atomic E-state index is -0.340. The maximum Gasteiger partial charge on any atom is 0.319 e. The lowest BCUT2D eigenvalue weighted by atomic mass is 10.2. The molecule has 21 heavy (non-hydrogen) atoms. The van der Waals surface area contributed by atoms with Gasteiger partial charge in [-0.15, -0.1) is 0 Å². The molecule has 0 aliphatic rings.